The van der Waals surface area contributed by atoms with Crippen molar-refractivity contribution in [3.05, 3.63) is 71.0 Å². The van der Waals surface area contributed by atoms with Crippen molar-refractivity contribution in [3.8, 4) is 0 Å². The van der Waals surface area contributed by atoms with Crippen LogP contribution < -0.4 is 11.1 Å². The smallest absolute Gasteiger partial charge is 0.123 e. The second-order valence-electron chi connectivity index (χ2n) is 5.74. The molecule has 110 valence electrons. The van der Waals surface area contributed by atoms with Crippen LogP contribution in [0, 0.1) is 5.82 Å². The predicted molar refractivity (Wildman–Crippen MR) is 83.6 cm³/mol. The van der Waals surface area contributed by atoms with E-state index in [9.17, 15) is 4.39 Å². The molecule has 1 fully saturated rings. The van der Waals surface area contributed by atoms with Gasteiger partial charge in [0.2, 0.25) is 0 Å². The number of rotatable bonds is 6. The van der Waals surface area contributed by atoms with Gasteiger partial charge in [-0.1, -0.05) is 36.4 Å². The Labute approximate surface area is 125 Å². The van der Waals surface area contributed by atoms with Crippen LogP contribution in [0.25, 0.3) is 0 Å². The van der Waals surface area contributed by atoms with E-state index in [4.69, 9.17) is 5.73 Å². The molecule has 2 aromatic carbocycles. The van der Waals surface area contributed by atoms with Crippen molar-refractivity contribution in [2.45, 2.75) is 31.3 Å². The van der Waals surface area contributed by atoms with Gasteiger partial charge in [0.15, 0.2) is 0 Å². The van der Waals surface area contributed by atoms with Crippen molar-refractivity contribution in [1.29, 1.82) is 0 Å². The molecule has 2 aromatic rings. The Hall–Kier alpha value is -1.71. The first kappa shape index (κ1) is 14.2. The van der Waals surface area contributed by atoms with Crippen molar-refractivity contribution in [1.82, 2.24) is 5.32 Å². The SMILES string of the molecule is NCCc1cccc(CN[C@@H]2C[C@H]2c2ccc(F)cc2)c1. The van der Waals surface area contributed by atoms with Gasteiger partial charge in [0.25, 0.3) is 0 Å². The predicted octanol–water partition coefficient (Wildman–Crippen LogP) is 2.97. The lowest BCUT2D eigenvalue weighted by atomic mass is 10.1. The van der Waals surface area contributed by atoms with Crippen LogP contribution in [0.3, 0.4) is 0 Å². The molecule has 0 bridgehead atoms. The van der Waals surface area contributed by atoms with Gasteiger partial charge in [-0.15, -0.1) is 0 Å². The first-order valence-electron chi connectivity index (χ1n) is 7.53. The molecule has 0 amide bonds. The van der Waals surface area contributed by atoms with Crippen molar-refractivity contribution in [2.75, 3.05) is 6.54 Å². The van der Waals surface area contributed by atoms with Crippen molar-refractivity contribution in [2.24, 2.45) is 5.73 Å². The van der Waals surface area contributed by atoms with Gasteiger partial charge >= 0.3 is 0 Å². The van der Waals surface area contributed by atoms with E-state index in [0.29, 0.717) is 18.5 Å². The van der Waals surface area contributed by atoms with Crippen LogP contribution in [0.1, 0.15) is 29.0 Å². The summed E-state index contributed by atoms with van der Waals surface area (Å²) < 4.78 is 12.9. The second kappa shape index (κ2) is 6.37. The Bertz CT molecular complexity index is 594. The topological polar surface area (TPSA) is 38.0 Å². The number of halogens is 1. The number of benzene rings is 2. The standard InChI is InChI=1S/C18H21FN2/c19-16-6-4-15(5-7-16)17-11-18(17)21-12-14-3-1-2-13(10-14)8-9-20/h1-7,10,17-18,21H,8-9,11-12,20H2/t17-,18+/m0/s1. The maximum absolute atomic E-state index is 12.9. The lowest BCUT2D eigenvalue weighted by Crippen LogP contribution is -2.17. The summed E-state index contributed by atoms with van der Waals surface area (Å²) in [6.45, 7) is 1.56. The van der Waals surface area contributed by atoms with Crippen LogP contribution in [0.15, 0.2) is 48.5 Å². The minimum absolute atomic E-state index is 0.166. The maximum Gasteiger partial charge on any atom is 0.123 e. The van der Waals surface area contributed by atoms with Crippen LogP contribution in [-0.2, 0) is 13.0 Å². The van der Waals surface area contributed by atoms with Crippen molar-refractivity contribution < 1.29 is 4.39 Å². The number of nitrogens with two attached hydrogens (primary N) is 1. The molecule has 0 aliphatic heterocycles. The molecule has 0 saturated heterocycles. The number of nitrogens with one attached hydrogen (secondary N) is 1. The van der Waals surface area contributed by atoms with Crippen LogP contribution in [-0.4, -0.2) is 12.6 Å². The minimum Gasteiger partial charge on any atom is -0.330 e. The van der Waals surface area contributed by atoms with E-state index in [1.807, 2.05) is 12.1 Å². The Balaban J connectivity index is 1.53. The molecule has 2 atom stereocenters. The van der Waals surface area contributed by atoms with Crippen molar-refractivity contribution in [3.63, 3.8) is 0 Å². The van der Waals surface area contributed by atoms with E-state index < -0.39 is 0 Å². The fourth-order valence-electron chi connectivity index (χ4n) is 2.81. The molecular formula is C18H21FN2. The van der Waals surface area contributed by atoms with E-state index in [-0.39, 0.29) is 5.82 Å². The van der Waals surface area contributed by atoms with E-state index in [0.717, 1.165) is 19.4 Å². The highest BCUT2D eigenvalue weighted by Gasteiger charge is 2.37. The van der Waals surface area contributed by atoms with Gasteiger partial charge in [-0.25, -0.2) is 4.39 Å². The first-order chi connectivity index (χ1) is 10.3. The van der Waals surface area contributed by atoms with E-state index >= 15 is 0 Å². The Kier molecular flexibility index (Phi) is 4.32. The Morgan fingerprint density at radius 2 is 1.86 bits per heavy atom. The van der Waals surface area contributed by atoms with E-state index in [2.05, 4.69) is 29.6 Å². The summed E-state index contributed by atoms with van der Waals surface area (Å²) in [6.07, 6.45) is 2.06. The summed E-state index contributed by atoms with van der Waals surface area (Å²) in [6, 6.07) is 15.9. The van der Waals surface area contributed by atoms with Crippen LogP contribution in [0.5, 0.6) is 0 Å². The quantitative estimate of drug-likeness (QED) is 0.856. The van der Waals surface area contributed by atoms with Gasteiger partial charge in [-0.2, -0.15) is 0 Å². The lowest BCUT2D eigenvalue weighted by molar-refractivity contribution is 0.626. The molecule has 3 rings (SSSR count). The van der Waals surface area contributed by atoms with Crippen LogP contribution >= 0.6 is 0 Å². The van der Waals surface area contributed by atoms with Crippen LogP contribution in [0.2, 0.25) is 0 Å². The molecule has 3 N–H and O–H groups in total. The van der Waals surface area contributed by atoms with Crippen molar-refractivity contribution >= 4 is 0 Å². The molecule has 1 aliphatic rings. The third-order valence-corrected chi connectivity index (χ3v) is 4.08. The summed E-state index contributed by atoms with van der Waals surface area (Å²) in [5.41, 5.74) is 9.41. The Morgan fingerprint density at radius 1 is 1.10 bits per heavy atom. The zero-order chi connectivity index (χ0) is 14.7. The van der Waals surface area contributed by atoms with Gasteiger partial charge in [0.05, 0.1) is 0 Å². The molecule has 1 aliphatic carbocycles. The van der Waals surface area contributed by atoms with E-state index in [1.165, 1.54) is 16.7 Å². The third-order valence-electron chi connectivity index (χ3n) is 4.08. The molecule has 0 heterocycles. The molecule has 0 unspecified atom stereocenters. The molecule has 21 heavy (non-hydrogen) atoms. The third kappa shape index (κ3) is 3.69. The average Bonchev–Trinajstić information content (AvgIpc) is 3.26. The second-order valence-corrected chi connectivity index (χ2v) is 5.74. The molecule has 3 heteroatoms. The fraction of sp³-hybridized carbons (Fsp3) is 0.333. The molecule has 1 saturated carbocycles. The van der Waals surface area contributed by atoms with Gasteiger partial charge in [-0.05, 0) is 48.2 Å². The summed E-state index contributed by atoms with van der Waals surface area (Å²) >= 11 is 0. The lowest BCUT2D eigenvalue weighted by Gasteiger charge is -2.07. The zero-order valence-corrected chi connectivity index (χ0v) is 12.1. The monoisotopic (exact) mass is 284 g/mol. The largest absolute Gasteiger partial charge is 0.330 e. The zero-order valence-electron chi connectivity index (χ0n) is 12.1. The molecule has 0 aromatic heterocycles. The molecule has 0 spiro atoms. The summed E-state index contributed by atoms with van der Waals surface area (Å²) in [5, 5.41) is 3.58. The molecule has 0 radical (unpaired) electrons. The normalized spacial score (nSPS) is 20.5. The molecular weight excluding hydrogens is 263 g/mol. The highest BCUT2D eigenvalue weighted by Crippen LogP contribution is 2.40. The maximum atomic E-state index is 12.9. The van der Waals surface area contributed by atoms with Gasteiger partial charge in [0.1, 0.15) is 5.82 Å². The highest BCUT2D eigenvalue weighted by molar-refractivity contribution is 5.29. The summed E-state index contributed by atoms with van der Waals surface area (Å²) in [4.78, 5) is 0. The first-order valence-corrected chi connectivity index (χ1v) is 7.53. The van der Waals surface area contributed by atoms with E-state index in [1.54, 1.807) is 12.1 Å². The van der Waals surface area contributed by atoms with Gasteiger partial charge in [-0.3, -0.25) is 0 Å². The highest BCUT2D eigenvalue weighted by atomic mass is 19.1. The number of hydrogen-bond acceptors (Lipinski definition) is 2. The summed E-state index contributed by atoms with van der Waals surface area (Å²) in [5.74, 6) is 0.360. The van der Waals surface area contributed by atoms with Gasteiger partial charge in [0, 0.05) is 18.5 Å². The Morgan fingerprint density at radius 3 is 2.62 bits per heavy atom. The molecule has 2 nitrogen and oxygen atoms in total. The minimum atomic E-state index is -0.166. The fourth-order valence-corrected chi connectivity index (χ4v) is 2.81. The van der Waals surface area contributed by atoms with Gasteiger partial charge < -0.3 is 11.1 Å². The van der Waals surface area contributed by atoms with Crippen LogP contribution in [0.4, 0.5) is 4.39 Å². The summed E-state index contributed by atoms with van der Waals surface area (Å²) in [7, 11) is 0. The average molecular weight is 284 g/mol. The number of hydrogen-bond donors (Lipinski definition) is 2.